The number of benzene rings is 1. The minimum Gasteiger partial charge on any atom is -0.466 e. The van der Waals surface area contributed by atoms with Crippen molar-refractivity contribution in [3.8, 4) is 0 Å². The number of hydrogen-bond acceptors (Lipinski definition) is 6. The van der Waals surface area contributed by atoms with Gasteiger partial charge in [-0.1, -0.05) is 49.2 Å². The molecule has 3 fully saturated rings. The van der Waals surface area contributed by atoms with Crippen LogP contribution in [0, 0.1) is 11.8 Å². The van der Waals surface area contributed by atoms with Gasteiger partial charge in [-0.3, -0.25) is 14.4 Å². The van der Waals surface area contributed by atoms with E-state index in [0.717, 1.165) is 18.4 Å². The Morgan fingerprint density at radius 2 is 2.00 bits per heavy atom. The molecule has 1 spiro atoms. The van der Waals surface area contributed by atoms with Crippen molar-refractivity contribution < 1.29 is 29.0 Å². The molecular weight excluding hydrogens is 460 g/mol. The molecule has 0 radical (unpaired) electrons. The number of hydrogen-bond donors (Lipinski definition) is 1. The average molecular weight is 499 g/mol. The van der Waals surface area contributed by atoms with E-state index < -0.39 is 35.6 Å². The molecule has 0 aliphatic carbocycles. The maximum Gasteiger partial charge on any atom is 0.312 e. The van der Waals surface area contributed by atoms with Crippen molar-refractivity contribution in [3.63, 3.8) is 0 Å². The number of fused-ring (bicyclic) bond motifs is 1. The van der Waals surface area contributed by atoms with Crippen molar-refractivity contribution in [2.75, 3.05) is 26.3 Å². The Morgan fingerprint density at radius 1 is 1.25 bits per heavy atom. The molecule has 8 nitrogen and oxygen atoms in total. The van der Waals surface area contributed by atoms with E-state index in [2.05, 4.69) is 6.58 Å². The van der Waals surface area contributed by atoms with Gasteiger partial charge in [0.15, 0.2) is 0 Å². The number of carbonyl (C=O) groups excluding carboxylic acids is 3. The van der Waals surface area contributed by atoms with Crippen LogP contribution in [-0.2, 0) is 30.4 Å². The molecule has 1 aromatic rings. The summed E-state index contributed by atoms with van der Waals surface area (Å²) in [6.07, 6.45) is 5.60. The normalized spacial score (nSPS) is 28.3. The summed E-state index contributed by atoms with van der Waals surface area (Å²) in [6, 6.07) is 8.95. The molecular formula is C28H38N2O6. The predicted molar refractivity (Wildman–Crippen MR) is 134 cm³/mol. The predicted octanol–water partition coefficient (Wildman–Crippen LogP) is 2.69. The maximum atomic E-state index is 14.2. The molecule has 3 heterocycles. The van der Waals surface area contributed by atoms with Crippen LogP contribution in [0.1, 0.15) is 51.0 Å². The molecule has 0 saturated carbocycles. The molecule has 1 aromatic carbocycles. The number of unbranched alkanes of at least 4 members (excludes halogenated alkanes) is 3. The minimum absolute atomic E-state index is 0.140. The third kappa shape index (κ3) is 4.81. The third-order valence-electron chi connectivity index (χ3n) is 7.78. The molecule has 2 bridgehead atoms. The lowest BCUT2D eigenvalue weighted by atomic mass is 9.70. The van der Waals surface area contributed by atoms with E-state index in [9.17, 15) is 14.4 Å². The molecule has 0 aromatic heterocycles. The zero-order valence-electron chi connectivity index (χ0n) is 21.1. The van der Waals surface area contributed by atoms with Crippen LogP contribution in [0.15, 0.2) is 43.0 Å². The first-order chi connectivity index (χ1) is 17.5. The molecule has 2 amide bonds. The number of esters is 1. The highest BCUT2D eigenvalue weighted by molar-refractivity contribution is 5.98. The highest BCUT2D eigenvalue weighted by Gasteiger charge is 2.74. The van der Waals surface area contributed by atoms with Crippen LogP contribution in [0.5, 0.6) is 0 Å². The number of nitrogens with zero attached hydrogens (tertiary/aromatic N) is 2. The van der Waals surface area contributed by atoms with Gasteiger partial charge < -0.3 is 24.4 Å². The zero-order chi connectivity index (χ0) is 25.7. The van der Waals surface area contributed by atoms with Gasteiger partial charge in [-0.2, -0.15) is 0 Å². The molecule has 3 aliphatic heterocycles. The van der Waals surface area contributed by atoms with Crippen LogP contribution < -0.4 is 0 Å². The number of rotatable bonds is 13. The standard InChI is InChI=1S/C28H38N2O6/c1-3-16-29(19-20-12-8-7-9-13-20)26(33)24-28-15-14-21(36-28)22(27(34)35-4-2)23(28)25(32)30(24)17-10-5-6-11-18-31/h3,7-9,12-13,21-24,31H,1,4-6,10-11,14-19H2,2H3/t21-,22+,23+,24?,28?/m1/s1. The Labute approximate surface area is 213 Å². The highest BCUT2D eigenvalue weighted by Crippen LogP contribution is 2.58. The number of aliphatic hydroxyl groups is 1. The quantitative estimate of drug-likeness (QED) is 0.255. The summed E-state index contributed by atoms with van der Waals surface area (Å²) >= 11 is 0. The van der Waals surface area contributed by atoms with E-state index in [4.69, 9.17) is 14.6 Å². The number of carbonyl (C=O) groups is 3. The first kappa shape index (κ1) is 26.4. The van der Waals surface area contributed by atoms with Crippen LogP contribution >= 0.6 is 0 Å². The van der Waals surface area contributed by atoms with Crippen molar-refractivity contribution in [3.05, 3.63) is 48.6 Å². The summed E-state index contributed by atoms with van der Waals surface area (Å²) in [5.74, 6) is -2.15. The zero-order valence-corrected chi connectivity index (χ0v) is 21.1. The van der Waals surface area contributed by atoms with Gasteiger partial charge in [0.1, 0.15) is 11.6 Å². The number of ether oxygens (including phenoxy) is 2. The summed E-state index contributed by atoms with van der Waals surface area (Å²) < 4.78 is 11.8. The third-order valence-corrected chi connectivity index (χ3v) is 7.78. The first-order valence-corrected chi connectivity index (χ1v) is 13.2. The summed E-state index contributed by atoms with van der Waals surface area (Å²) in [6.45, 7) is 7.12. The van der Waals surface area contributed by atoms with Crippen LogP contribution in [0.2, 0.25) is 0 Å². The van der Waals surface area contributed by atoms with Crippen LogP contribution in [0.3, 0.4) is 0 Å². The van der Waals surface area contributed by atoms with Gasteiger partial charge in [-0.05, 0) is 38.2 Å². The van der Waals surface area contributed by atoms with Crippen molar-refractivity contribution in [2.24, 2.45) is 11.8 Å². The van der Waals surface area contributed by atoms with E-state index in [-0.39, 0.29) is 25.0 Å². The molecule has 8 heteroatoms. The fraction of sp³-hybridized carbons (Fsp3) is 0.607. The maximum absolute atomic E-state index is 14.2. The molecule has 4 rings (SSSR count). The second-order valence-electron chi connectivity index (χ2n) is 9.97. The SMILES string of the molecule is C=CCN(Cc1ccccc1)C(=O)C1N(CCCCCCO)C(=O)[C@@H]2[C@@H](C(=O)OCC)[C@H]3CCC12O3. The van der Waals surface area contributed by atoms with E-state index in [0.29, 0.717) is 45.3 Å². The Morgan fingerprint density at radius 3 is 2.69 bits per heavy atom. The summed E-state index contributed by atoms with van der Waals surface area (Å²) in [5.41, 5.74) is -0.0278. The molecule has 3 saturated heterocycles. The van der Waals surface area contributed by atoms with Crippen molar-refractivity contribution >= 4 is 17.8 Å². The lowest BCUT2D eigenvalue weighted by Gasteiger charge is -2.37. The van der Waals surface area contributed by atoms with Crippen LogP contribution in [0.4, 0.5) is 0 Å². The molecule has 1 N–H and O–H groups in total. The Kier molecular flexibility index (Phi) is 8.46. The minimum atomic E-state index is -1.02. The highest BCUT2D eigenvalue weighted by atomic mass is 16.6. The van der Waals surface area contributed by atoms with Gasteiger partial charge in [0.25, 0.3) is 0 Å². The van der Waals surface area contributed by atoms with Gasteiger partial charge in [0.2, 0.25) is 11.8 Å². The molecule has 2 unspecified atom stereocenters. The van der Waals surface area contributed by atoms with Gasteiger partial charge in [0, 0.05) is 26.2 Å². The number of amides is 2. The first-order valence-electron chi connectivity index (χ1n) is 13.2. The van der Waals surface area contributed by atoms with E-state index in [1.54, 1.807) is 22.8 Å². The van der Waals surface area contributed by atoms with Gasteiger partial charge in [-0.25, -0.2) is 0 Å². The Bertz CT molecular complexity index is 953. The topological polar surface area (TPSA) is 96.4 Å². The van der Waals surface area contributed by atoms with Gasteiger partial charge in [0.05, 0.1) is 24.5 Å². The molecule has 196 valence electrons. The summed E-state index contributed by atoms with van der Waals surface area (Å²) in [4.78, 5) is 44.4. The average Bonchev–Trinajstić information content (AvgIpc) is 3.51. The second-order valence-corrected chi connectivity index (χ2v) is 9.97. The van der Waals surface area contributed by atoms with Crippen molar-refractivity contribution in [1.82, 2.24) is 9.80 Å². The summed E-state index contributed by atoms with van der Waals surface area (Å²) in [7, 11) is 0. The lowest BCUT2D eigenvalue weighted by molar-refractivity contribution is -0.155. The molecule has 5 atom stereocenters. The monoisotopic (exact) mass is 498 g/mol. The fourth-order valence-electron chi connectivity index (χ4n) is 6.29. The van der Waals surface area contributed by atoms with E-state index in [1.165, 1.54) is 0 Å². The van der Waals surface area contributed by atoms with E-state index in [1.807, 2.05) is 30.3 Å². The molecule has 36 heavy (non-hydrogen) atoms. The number of likely N-dealkylation sites (tertiary alicyclic amines) is 1. The number of aliphatic hydroxyl groups excluding tert-OH is 1. The Hall–Kier alpha value is -2.71. The smallest absolute Gasteiger partial charge is 0.312 e. The Balaban J connectivity index is 1.64. The van der Waals surface area contributed by atoms with Crippen molar-refractivity contribution in [2.45, 2.75) is 69.7 Å². The van der Waals surface area contributed by atoms with Crippen LogP contribution in [0.25, 0.3) is 0 Å². The second kappa shape index (κ2) is 11.6. The van der Waals surface area contributed by atoms with Crippen LogP contribution in [-0.4, -0.2) is 76.7 Å². The lowest BCUT2D eigenvalue weighted by Crippen LogP contribution is -2.56. The van der Waals surface area contributed by atoms with E-state index >= 15 is 0 Å². The summed E-state index contributed by atoms with van der Waals surface area (Å²) in [5, 5.41) is 9.09. The van der Waals surface area contributed by atoms with Gasteiger partial charge >= 0.3 is 5.97 Å². The fourth-order valence-corrected chi connectivity index (χ4v) is 6.29. The van der Waals surface area contributed by atoms with Gasteiger partial charge in [-0.15, -0.1) is 6.58 Å². The molecule has 3 aliphatic rings. The van der Waals surface area contributed by atoms with Crippen molar-refractivity contribution in [1.29, 1.82) is 0 Å². The largest absolute Gasteiger partial charge is 0.466 e.